The van der Waals surface area contributed by atoms with Crippen LogP contribution in [0.3, 0.4) is 0 Å². The third kappa shape index (κ3) is 3.81. The zero-order chi connectivity index (χ0) is 20.3. The van der Waals surface area contributed by atoms with Crippen LogP contribution >= 0.6 is 0 Å². The molecular formula is C22H22N2O4. The van der Waals surface area contributed by atoms with Gasteiger partial charge in [-0.2, -0.15) is 0 Å². The number of carboxylic acid groups (broad SMARTS) is 1. The molecule has 1 amide bonds. The highest BCUT2D eigenvalue weighted by atomic mass is 16.4. The van der Waals surface area contributed by atoms with Crippen molar-refractivity contribution in [2.75, 3.05) is 0 Å². The number of hydrogen-bond acceptors (Lipinski definition) is 3. The molecule has 3 rings (SSSR count). The molecule has 0 fully saturated rings. The Bertz CT molecular complexity index is 1090. The lowest BCUT2D eigenvalue weighted by atomic mass is 9.95. The van der Waals surface area contributed by atoms with E-state index in [0.29, 0.717) is 28.6 Å². The van der Waals surface area contributed by atoms with Crippen molar-refractivity contribution >= 4 is 23.2 Å². The molecule has 0 aliphatic heterocycles. The maximum Gasteiger partial charge on any atom is 0.404 e. The van der Waals surface area contributed by atoms with E-state index in [1.54, 1.807) is 22.8 Å². The molecule has 0 saturated heterocycles. The monoisotopic (exact) mass is 378 g/mol. The van der Waals surface area contributed by atoms with Gasteiger partial charge in [0.1, 0.15) is 6.29 Å². The SMILES string of the molecule is CC(C)Cn1c(CNC(=O)O)c(-c2ccccc2)c2cc(C=O)ccc2c1=O. The number of nitrogens with one attached hydrogen (secondary N) is 1. The van der Waals surface area contributed by atoms with E-state index >= 15 is 0 Å². The normalized spacial score (nSPS) is 11.0. The van der Waals surface area contributed by atoms with Gasteiger partial charge in [0.25, 0.3) is 5.56 Å². The number of pyridine rings is 1. The summed E-state index contributed by atoms with van der Waals surface area (Å²) in [4.78, 5) is 35.7. The lowest BCUT2D eigenvalue weighted by Crippen LogP contribution is -2.31. The number of aromatic nitrogens is 1. The van der Waals surface area contributed by atoms with E-state index < -0.39 is 6.09 Å². The summed E-state index contributed by atoms with van der Waals surface area (Å²) in [6.45, 7) is 4.45. The molecule has 0 radical (unpaired) electrons. The van der Waals surface area contributed by atoms with Gasteiger partial charge >= 0.3 is 6.09 Å². The summed E-state index contributed by atoms with van der Waals surface area (Å²) in [5, 5.41) is 12.7. The lowest BCUT2D eigenvalue weighted by molar-refractivity contribution is 0.112. The molecule has 2 N–H and O–H groups in total. The van der Waals surface area contributed by atoms with Gasteiger partial charge < -0.3 is 15.0 Å². The molecule has 6 nitrogen and oxygen atoms in total. The van der Waals surface area contributed by atoms with Crippen LogP contribution in [0.1, 0.15) is 29.9 Å². The average Bonchev–Trinajstić information content (AvgIpc) is 2.68. The topological polar surface area (TPSA) is 88.4 Å². The molecule has 1 aromatic heterocycles. The third-order valence-corrected chi connectivity index (χ3v) is 4.56. The molecular weight excluding hydrogens is 356 g/mol. The van der Waals surface area contributed by atoms with Crippen molar-refractivity contribution in [3.63, 3.8) is 0 Å². The van der Waals surface area contributed by atoms with Gasteiger partial charge in [0, 0.05) is 28.8 Å². The van der Waals surface area contributed by atoms with Gasteiger partial charge in [-0.1, -0.05) is 50.2 Å². The lowest BCUT2D eigenvalue weighted by Gasteiger charge is -2.21. The van der Waals surface area contributed by atoms with Gasteiger partial charge in [-0.05, 0) is 29.0 Å². The Hall–Kier alpha value is -3.41. The van der Waals surface area contributed by atoms with Crippen molar-refractivity contribution in [1.82, 2.24) is 9.88 Å². The van der Waals surface area contributed by atoms with Crippen molar-refractivity contribution in [3.8, 4) is 11.1 Å². The van der Waals surface area contributed by atoms with Crippen LogP contribution in [0.25, 0.3) is 21.9 Å². The second kappa shape index (κ2) is 8.08. The fraction of sp³-hybridized carbons (Fsp3) is 0.227. The quantitative estimate of drug-likeness (QED) is 0.637. The minimum absolute atomic E-state index is 0.0111. The van der Waals surface area contributed by atoms with E-state index in [-0.39, 0.29) is 18.0 Å². The molecule has 0 spiro atoms. The first-order valence-electron chi connectivity index (χ1n) is 9.09. The maximum atomic E-state index is 13.2. The predicted octanol–water partition coefficient (Wildman–Crippen LogP) is 3.90. The smallest absolute Gasteiger partial charge is 0.404 e. The zero-order valence-corrected chi connectivity index (χ0v) is 15.8. The highest BCUT2D eigenvalue weighted by Gasteiger charge is 2.19. The Morgan fingerprint density at radius 1 is 1.14 bits per heavy atom. The van der Waals surface area contributed by atoms with Gasteiger partial charge in [-0.15, -0.1) is 0 Å². The number of aldehydes is 1. The van der Waals surface area contributed by atoms with Crippen LogP contribution in [0.2, 0.25) is 0 Å². The summed E-state index contributed by atoms with van der Waals surface area (Å²) in [5.41, 5.74) is 2.47. The Kier molecular flexibility index (Phi) is 5.59. The van der Waals surface area contributed by atoms with E-state index in [1.807, 2.05) is 44.2 Å². The molecule has 0 saturated carbocycles. The van der Waals surface area contributed by atoms with Crippen LogP contribution in [0.5, 0.6) is 0 Å². The first kappa shape index (κ1) is 19.4. The highest BCUT2D eigenvalue weighted by molar-refractivity contribution is 6.00. The molecule has 0 bridgehead atoms. The van der Waals surface area contributed by atoms with Crippen molar-refractivity contribution < 1.29 is 14.7 Å². The molecule has 1 heterocycles. The van der Waals surface area contributed by atoms with E-state index in [0.717, 1.165) is 17.4 Å². The minimum Gasteiger partial charge on any atom is -0.465 e. The van der Waals surface area contributed by atoms with E-state index in [2.05, 4.69) is 5.32 Å². The summed E-state index contributed by atoms with van der Waals surface area (Å²) < 4.78 is 1.64. The van der Waals surface area contributed by atoms with Gasteiger partial charge in [0.2, 0.25) is 0 Å². The molecule has 2 aromatic carbocycles. The van der Waals surface area contributed by atoms with Crippen LogP contribution in [0.4, 0.5) is 4.79 Å². The molecule has 0 aliphatic carbocycles. The van der Waals surface area contributed by atoms with Gasteiger partial charge in [-0.25, -0.2) is 4.79 Å². The first-order chi connectivity index (χ1) is 13.4. The fourth-order valence-electron chi connectivity index (χ4n) is 3.42. The van der Waals surface area contributed by atoms with Crippen LogP contribution in [0.15, 0.2) is 53.3 Å². The summed E-state index contributed by atoms with van der Waals surface area (Å²) in [7, 11) is 0. The Labute approximate surface area is 162 Å². The van der Waals surface area contributed by atoms with Crippen molar-refractivity contribution in [1.29, 1.82) is 0 Å². The average molecular weight is 378 g/mol. The standard InChI is InChI=1S/C22H22N2O4/c1-14(2)12-24-19(11-23-22(27)28)20(16-6-4-3-5-7-16)18-10-15(13-25)8-9-17(18)21(24)26/h3-10,13-14,23H,11-12H2,1-2H3,(H,27,28). The van der Waals surface area contributed by atoms with Gasteiger partial charge in [-0.3, -0.25) is 9.59 Å². The summed E-state index contributed by atoms with van der Waals surface area (Å²) >= 11 is 0. The van der Waals surface area contributed by atoms with Crippen molar-refractivity contribution in [3.05, 3.63) is 70.1 Å². The molecule has 144 valence electrons. The fourth-order valence-corrected chi connectivity index (χ4v) is 3.42. The number of amides is 1. The summed E-state index contributed by atoms with van der Waals surface area (Å²) in [6.07, 6.45) is -0.424. The third-order valence-electron chi connectivity index (χ3n) is 4.56. The second-order valence-corrected chi connectivity index (χ2v) is 7.08. The summed E-state index contributed by atoms with van der Waals surface area (Å²) in [6, 6.07) is 14.5. The number of hydrogen-bond donors (Lipinski definition) is 2. The first-order valence-corrected chi connectivity index (χ1v) is 9.09. The van der Waals surface area contributed by atoms with Crippen molar-refractivity contribution in [2.24, 2.45) is 5.92 Å². The molecule has 0 unspecified atom stereocenters. The van der Waals surface area contributed by atoms with Gasteiger partial charge in [0.05, 0.1) is 6.54 Å². The van der Waals surface area contributed by atoms with Crippen LogP contribution in [-0.2, 0) is 13.1 Å². The number of fused-ring (bicyclic) bond motifs is 1. The van der Waals surface area contributed by atoms with Crippen LogP contribution in [-0.4, -0.2) is 22.1 Å². The van der Waals surface area contributed by atoms with E-state index in [4.69, 9.17) is 5.11 Å². The Balaban J connectivity index is 2.45. The minimum atomic E-state index is -1.16. The van der Waals surface area contributed by atoms with Crippen LogP contribution in [0, 0.1) is 5.92 Å². The Morgan fingerprint density at radius 3 is 2.46 bits per heavy atom. The highest BCUT2D eigenvalue weighted by Crippen LogP contribution is 2.31. The molecule has 3 aromatic rings. The maximum absolute atomic E-state index is 13.2. The molecule has 0 atom stereocenters. The number of rotatable bonds is 6. The van der Waals surface area contributed by atoms with Crippen molar-refractivity contribution in [2.45, 2.75) is 26.9 Å². The zero-order valence-electron chi connectivity index (χ0n) is 15.8. The van der Waals surface area contributed by atoms with Crippen LogP contribution < -0.4 is 10.9 Å². The van der Waals surface area contributed by atoms with Gasteiger partial charge in [0.15, 0.2) is 0 Å². The summed E-state index contributed by atoms with van der Waals surface area (Å²) in [5.74, 6) is 0.191. The predicted molar refractivity (Wildman–Crippen MR) is 109 cm³/mol. The Morgan fingerprint density at radius 2 is 1.86 bits per heavy atom. The number of carbonyl (C=O) groups excluding carboxylic acids is 1. The number of nitrogens with zero attached hydrogens (tertiary/aromatic N) is 1. The molecule has 28 heavy (non-hydrogen) atoms. The largest absolute Gasteiger partial charge is 0.465 e. The van der Waals surface area contributed by atoms with E-state index in [9.17, 15) is 14.4 Å². The second-order valence-electron chi connectivity index (χ2n) is 7.08. The van der Waals surface area contributed by atoms with E-state index in [1.165, 1.54) is 0 Å². The molecule has 6 heteroatoms. The number of benzene rings is 2. The molecule has 0 aliphatic rings. The number of carbonyl (C=O) groups is 2.